The second kappa shape index (κ2) is 5.33. The predicted octanol–water partition coefficient (Wildman–Crippen LogP) is 2.92. The average Bonchev–Trinajstić information content (AvgIpc) is 3.04. The standard InChI is InChI=1S/C14H16N6S/c1-8(2)12-13(21-19-17-12)14-16-10(4)18-20(14)11-5-6-15-9(3)7-11/h5-8H,1-4H3. The topological polar surface area (TPSA) is 69.4 Å². The molecule has 0 saturated carbocycles. The fourth-order valence-corrected chi connectivity index (χ4v) is 2.93. The molecule has 7 heteroatoms. The van der Waals surface area contributed by atoms with Crippen LogP contribution in [-0.2, 0) is 0 Å². The first-order chi connectivity index (χ1) is 10.1. The van der Waals surface area contributed by atoms with Crippen molar-refractivity contribution in [2.75, 3.05) is 0 Å². The summed E-state index contributed by atoms with van der Waals surface area (Å²) in [6, 6.07) is 3.91. The molecule has 0 atom stereocenters. The Morgan fingerprint density at radius 1 is 1.24 bits per heavy atom. The quantitative estimate of drug-likeness (QED) is 0.744. The van der Waals surface area contributed by atoms with Crippen molar-refractivity contribution in [3.8, 4) is 16.4 Å². The lowest BCUT2D eigenvalue weighted by molar-refractivity contribution is 0.808. The Morgan fingerprint density at radius 3 is 2.76 bits per heavy atom. The SMILES string of the molecule is Cc1cc(-n2nc(C)nc2-c2snnc2C(C)C)ccn1. The maximum atomic E-state index is 4.56. The van der Waals surface area contributed by atoms with Crippen molar-refractivity contribution >= 4 is 11.5 Å². The van der Waals surface area contributed by atoms with E-state index >= 15 is 0 Å². The van der Waals surface area contributed by atoms with Crippen molar-refractivity contribution < 1.29 is 0 Å². The van der Waals surface area contributed by atoms with Crippen LogP contribution >= 0.6 is 11.5 Å². The van der Waals surface area contributed by atoms with E-state index in [0.29, 0.717) is 5.92 Å². The molecule has 0 aliphatic rings. The van der Waals surface area contributed by atoms with Gasteiger partial charge in [0.25, 0.3) is 0 Å². The van der Waals surface area contributed by atoms with E-state index in [1.165, 1.54) is 11.5 Å². The van der Waals surface area contributed by atoms with Crippen LogP contribution in [0.15, 0.2) is 18.3 Å². The molecule has 108 valence electrons. The van der Waals surface area contributed by atoms with Crippen molar-refractivity contribution in [2.24, 2.45) is 0 Å². The molecule has 6 nitrogen and oxygen atoms in total. The number of hydrogen-bond acceptors (Lipinski definition) is 6. The van der Waals surface area contributed by atoms with Gasteiger partial charge in [0.05, 0.1) is 11.4 Å². The number of aryl methyl sites for hydroxylation is 2. The van der Waals surface area contributed by atoms with Gasteiger partial charge in [-0.15, -0.1) is 5.10 Å². The van der Waals surface area contributed by atoms with Gasteiger partial charge in [-0.05, 0) is 43.4 Å². The molecule has 0 fully saturated rings. The fourth-order valence-electron chi connectivity index (χ4n) is 2.13. The van der Waals surface area contributed by atoms with Gasteiger partial charge in [0.2, 0.25) is 0 Å². The lowest BCUT2D eigenvalue weighted by Crippen LogP contribution is -2.02. The lowest BCUT2D eigenvalue weighted by Gasteiger charge is -2.07. The minimum Gasteiger partial charge on any atom is -0.261 e. The van der Waals surface area contributed by atoms with Crippen molar-refractivity contribution in [1.29, 1.82) is 0 Å². The summed E-state index contributed by atoms with van der Waals surface area (Å²) in [5.41, 5.74) is 2.85. The van der Waals surface area contributed by atoms with E-state index in [1.54, 1.807) is 6.20 Å². The van der Waals surface area contributed by atoms with Crippen LogP contribution in [0, 0.1) is 13.8 Å². The van der Waals surface area contributed by atoms with Gasteiger partial charge < -0.3 is 0 Å². The van der Waals surface area contributed by atoms with Gasteiger partial charge in [0.1, 0.15) is 10.7 Å². The summed E-state index contributed by atoms with van der Waals surface area (Å²) in [6.07, 6.45) is 1.78. The van der Waals surface area contributed by atoms with Gasteiger partial charge in [-0.1, -0.05) is 18.3 Å². The summed E-state index contributed by atoms with van der Waals surface area (Å²) in [7, 11) is 0. The Balaban J connectivity index is 2.18. The van der Waals surface area contributed by atoms with Crippen LogP contribution in [0.4, 0.5) is 0 Å². The number of aromatic nitrogens is 6. The molecule has 0 bridgehead atoms. The number of nitrogens with zero attached hydrogens (tertiary/aromatic N) is 6. The van der Waals surface area contributed by atoms with Gasteiger partial charge >= 0.3 is 0 Å². The zero-order valence-electron chi connectivity index (χ0n) is 12.4. The van der Waals surface area contributed by atoms with Crippen molar-refractivity contribution in [1.82, 2.24) is 29.3 Å². The highest BCUT2D eigenvalue weighted by molar-refractivity contribution is 7.09. The molecule has 0 amide bonds. The van der Waals surface area contributed by atoms with Gasteiger partial charge in [-0.25, -0.2) is 9.67 Å². The van der Waals surface area contributed by atoms with Crippen molar-refractivity contribution in [2.45, 2.75) is 33.6 Å². The smallest absolute Gasteiger partial charge is 0.177 e. The van der Waals surface area contributed by atoms with Gasteiger partial charge in [-0.2, -0.15) is 5.10 Å². The maximum Gasteiger partial charge on any atom is 0.177 e. The second-order valence-electron chi connectivity index (χ2n) is 5.19. The average molecular weight is 300 g/mol. The monoisotopic (exact) mass is 300 g/mol. The normalized spacial score (nSPS) is 11.3. The molecule has 0 unspecified atom stereocenters. The molecule has 0 aliphatic carbocycles. The van der Waals surface area contributed by atoms with Gasteiger partial charge in [0, 0.05) is 11.9 Å². The molecule has 0 aliphatic heterocycles. The number of rotatable bonds is 3. The minimum absolute atomic E-state index is 0.295. The number of pyridine rings is 1. The summed E-state index contributed by atoms with van der Waals surface area (Å²) >= 11 is 1.36. The molecule has 3 rings (SSSR count). The molecule has 0 aromatic carbocycles. The molecule has 3 aromatic rings. The molecule has 0 N–H and O–H groups in total. The molecule has 3 heterocycles. The van der Waals surface area contributed by atoms with Crippen LogP contribution < -0.4 is 0 Å². The summed E-state index contributed by atoms with van der Waals surface area (Å²) in [6.45, 7) is 8.05. The summed E-state index contributed by atoms with van der Waals surface area (Å²) in [4.78, 5) is 9.76. The maximum absolute atomic E-state index is 4.56. The first-order valence-electron chi connectivity index (χ1n) is 6.75. The zero-order valence-corrected chi connectivity index (χ0v) is 13.2. The van der Waals surface area contributed by atoms with E-state index in [9.17, 15) is 0 Å². The highest BCUT2D eigenvalue weighted by Crippen LogP contribution is 2.30. The van der Waals surface area contributed by atoms with E-state index in [1.807, 2.05) is 30.7 Å². The molecule has 0 radical (unpaired) electrons. The highest BCUT2D eigenvalue weighted by Gasteiger charge is 2.20. The van der Waals surface area contributed by atoms with Crippen LogP contribution in [0.25, 0.3) is 16.4 Å². The van der Waals surface area contributed by atoms with E-state index in [2.05, 4.69) is 38.5 Å². The summed E-state index contributed by atoms with van der Waals surface area (Å²) in [5, 5.41) is 8.74. The third kappa shape index (κ3) is 2.56. The van der Waals surface area contributed by atoms with Crippen LogP contribution in [0.3, 0.4) is 0 Å². The Hall–Kier alpha value is -2.15. The van der Waals surface area contributed by atoms with Crippen molar-refractivity contribution in [3.63, 3.8) is 0 Å². The predicted molar refractivity (Wildman–Crippen MR) is 81.6 cm³/mol. The first-order valence-corrected chi connectivity index (χ1v) is 7.53. The van der Waals surface area contributed by atoms with Crippen LogP contribution in [0.1, 0.15) is 37.0 Å². The molecule has 3 aromatic heterocycles. The summed E-state index contributed by atoms with van der Waals surface area (Å²) in [5.74, 6) is 1.81. The van der Waals surface area contributed by atoms with E-state index in [-0.39, 0.29) is 0 Å². The summed E-state index contributed by atoms with van der Waals surface area (Å²) < 4.78 is 5.92. The first kappa shape index (κ1) is 13.8. The zero-order chi connectivity index (χ0) is 15.0. The fraction of sp³-hybridized carbons (Fsp3) is 0.357. The lowest BCUT2D eigenvalue weighted by atomic mass is 10.1. The number of hydrogen-bond donors (Lipinski definition) is 0. The third-order valence-corrected chi connectivity index (χ3v) is 3.84. The Bertz CT molecular complexity index is 773. The molecular weight excluding hydrogens is 284 g/mol. The van der Waals surface area contributed by atoms with E-state index in [0.717, 1.165) is 33.6 Å². The molecule has 0 saturated heterocycles. The van der Waals surface area contributed by atoms with Gasteiger partial charge in [-0.3, -0.25) is 4.98 Å². The Morgan fingerprint density at radius 2 is 2.05 bits per heavy atom. The Labute approximate surface area is 127 Å². The Kier molecular flexibility index (Phi) is 3.50. The highest BCUT2D eigenvalue weighted by atomic mass is 32.1. The third-order valence-electron chi connectivity index (χ3n) is 3.10. The van der Waals surface area contributed by atoms with Crippen LogP contribution in [0.2, 0.25) is 0 Å². The minimum atomic E-state index is 0.295. The van der Waals surface area contributed by atoms with Crippen molar-refractivity contribution in [3.05, 3.63) is 35.5 Å². The van der Waals surface area contributed by atoms with E-state index < -0.39 is 0 Å². The van der Waals surface area contributed by atoms with Crippen LogP contribution in [-0.4, -0.2) is 29.3 Å². The largest absolute Gasteiger partial charge is 0.261 e. The van der Waals surface area contributed by atoms with E-state index in [4.69, 9.17) is 0 Å². The second-order valence-corrected chi connectivity index (χ2v) is 5.95. The van der Waals surface area contributed by atoms with Gasteiger partial charge in [0.15, 0.2) is 5.82 Å². The molecule has 21 heavy (non-hydrogen) atoms. The van der Waals surface area contributed by atoms with Crippen LogP contribution in [0.5, 0.6) is 0 Å². The molecular formula is C14H16N6S. The molecule has 0 spiro atoms.